The van der Waals surface area contributed by atoms with Crippen molar-refractivity contribution >= 4 is 21.8 Å². The summed E-state index contributed by atoms with van der Waals surface area (Å²) in [7, 11) is -3.64. The van der Waals surface area contributed by atoms with E-state index in [2.05, 4.69) is 5.32 Å². The van der Waals surface area contributed by atoms with Crippen LogP contribution < -0.4 is 5.32 Å². The van der Waals surface area contributed by atoms with E-state index < -0.39 is 10.2 Å². The van der Waals surface area contributed by atoms with Gasteiger partial charge in [-0.3, -0.25) is 4.79 Å². The maximum atomic E-state index is 12.8. The van der Waals surface area contributed by atoms with Gasteiger partial charge in [-0.2, -0.15) is 17.0 Å². The summed E-state index contributed by atoms with van der Waals surface area (Å²) in [6.07, 6.45) is 0.873. The van der Waals surface area contributed by atoms with Gasteiger partial charge in [0.1, 0.15) is 0 Å². The van der Waals surface area contributed by atoms with Crippen LogP contribution in [0.3, 0.4) is 0 Å². The summed E-state index contributed by atoms with van der Waals surface area (Å²) in [4.78, 5) is 12.3. The van der Waals surface area contributed by atoms with E-state index >= 15 is 0 Å². The first-order valence-electron chi connectivity index (χ1n) is 9.08. The number of rotatable bonds is 6. The monoisotopic (exact) mass is 387 g/mol. The molecule has 1 saturated heterocycles. The lowest BCUT2D eigenvalue weighted by Crippen LogP contribution is -2.37. The largest absolute Gasteiger partial charge is 0.325 e. The van der Waals surface area contributed by atoms with Crippen LogP contribution >= 0.6 is 0 Å². The number of carbonyl (C=O) groups excluding carboxylic acids is 1. The summed E-state index contributed by atoms with van der Waals surface area (Å²) in [5, 5.41) is 2.79. The number of benzene rings is 2. The first-order valence-corrected chi connectivity index (χ1v) is 10.5. The SMILES string of the molecule is CCc1cccc(NC(=O)CN2CCN(Cc3ccccc3C)S2(=O)=O)c1. The van der Waals surface area contributed by atoms with E-state index in [1.165, 1.54) is 8.61 Å². The highest BCUT2D eigenvalue weighted by atomic mass is 32.2. The number of amides is 1. The zero-order chi connectivity index (χ0) is 19.4. The number of carbonyl (C=O) groups is 1. The van der Waals surface area contributed by atoms with Crippen LogP contribution in [0.2, 0.25) is 0 Å². The molecule has 1 fully saturated rings. The Balaban J connectivity index is 1.64. The Morgan fingerprint density at radius 2 is 1.81 bits per heavy atom. The minimum absolute atomic E-state index is 0.178. The van der Waals surface area contributed by atoms with Crippen molar-refractivity contribution in [3.63, 3.8) is 0 Å². The first kappa shape index (κ1) is 19.5. The van der Waals surface area contributed by atoms with Crippen molar-refractivity contribution in [1.82, 2.24) is 8.61 Å². The van der Waals surface area contributed by atoms with Crippen molar-refractivity contribution in [2.45, 2.75) is 26.8 Å². The molecule has 3 rings (SSSR count). The molecule has 1 N–H and O–H groups in total. The highest BCUT2D eigenvalue weighted by molar-refractivity contribution is 7.87. The van der Waals surface area contributed by atoms with Gasteiger partial charge < -0.3 is 5.32 Å². The molecule has 0 spiro atoms. The Kier molecular flexibility index (Phi) is 5.94. The quantitative estimate of drug-likeness (QED) is 0.828. The number of hydrogen-bond acceptors (Lipinski definition) is 3. The van der Waals surface area contributed by atoms with Crippen molar-refractivity contribution in [3.05, 3.63) is 65.2 Å². The molecule has 0 aromatic heterocycles. The lowest BCUT2D eigenvalue weighted by atomic mass is 10.1. The van der Waals surface area contributed by atoms with Crippen LogP contribution in [0, 0.1) is 6.92 Å². The molecule has 1 aliphatic rings. The lowest BCUT2D eigenvalue weighted by molar-refractivity contribution is -0.116. The Labute approximate surface area is 161 Å². The van der Waals surface area contributed by atoms with E-state index in [1.807, 2.05) is 56.3 Å². The smallest absolute Gasteiger partial charge is 0.282 e. The lowest BCUT2D eigenvalue weighted by Gasteiger charge is -2.19. The second-order valence-electron chi connectivity index (χ2n) is 6.70. The summed E-state index contributed by atoms with van der Waals surface area (Å²) in [6.45, 7) is 4.86. The summed E-state index contributed by atoms with van der Waals surface area (Å²) in [5.74, 6) is -0.329. The predicted octanol–water partition coefficient (Wildman–Crippen LogP) is 2.56. The molecular formula is C20H25N3O3S. The number of aryl methyl sites for hydroxylation is 2. The zero-order valence-electron chi connectivity index (χ0n) is 15.7. The molecular weight excluding hydrogens is 362 g/mol. The Morgan fingerprint density at radius 1 is 1.07 bits per heavy atom. The van der Waals surface area contributed by atoms with Crippen LogP contribution in [0.5, 0.6) is 0 Å². The maximum Gasteiger partial charge on any atom is 0.282 e. The summed E-state index contributed by atoms with van der Waals surface area (Å²) in [5.41, 5.74) is 3.84. The van der Waals surface area contributed by atoms with Gasteiger partial charge in [-0.15, -0.1) is 0 Å². The third-order valence-electron chi connectivity index (χ3n) is 4.80. The Hall–Kier alpha value is -2.22. The van der Waals surface area contributed by atoms with Crippen molar-refractivity contribution in [3.8, 4) is 0 Å². The molecule has 0 radical (unpaired) electrons. The molecule has 6 nitrogen and oxygen atoms in total. The molecule has 0 saturated carbocycles. The molecule has 1 aliphatic heterocycles. The van der Waals surface area contributed by atoms with Crippen LogP contribution in [0.25, 0.3) is 0 Å². The van der Waals surface area contributed by atoms with Crippen LogP contribution in [0.15, 0.2) is 48.5 Å². The van der Waals surface area contributed by atoms with E-state index in [-0.39, 0.29) is 12.5 Å². The molecule has 0 unspecified atom stereocenters. The fourth-order valence-electron chi connectivity index (χ4n) is 3.15. The average molecular weight is 388 g/mol. The van der Waals surface area contributed by atoms with E-state index in [1.54, 1.807) is 6.07 Å². The number of nitrogens with zero attached hydrogens (tertiary/aromatic N) is 2. The molecule has 0 aliphatic carbocycles. The van der Waals surface area contributed by atoms with Crippen LogP contribution in [0.4, 0.5) is 5.69 Å². The molecule has 144 valence electrons. The number of anilines is 1. The van der Waals surface area contributed by atoms with Crippen molar-refractivity contribution in [2.24, 2.45) is 0 Å². The summed E-state index contributed by atoms with van der Waals surface area (Å²) in [6, 6.07) is 15.3. The fraction of sp³-hybridized carbons (Fsp3) is 0.350. The topological polar surface area (TPSA) is 69.7 Å². The van der Waals surface area contributed by atoms with Crippen LogP contribution in [-0.2, 0) is 28.0 Å². The predicted molar refractivity (Wildman–Crippen MR) is 107 cm³/mol. The molecule has 0 bridgehead atoms. The van der Waals surface area contributed by atoms with E-state index in [0.717, 1.165) is 23.1 Å². The fourth-order valence-corrected chi connectivity index (χ4v) is 4.68. The highest BCUT2D eigenvalue weighted by Crippen LogP contribution is 2.21. The minimum Gasteiger partial charge on any atom is -0.325 e. The molecule has 7 heteroatoms. The van der Waals surface area contributed by atoms with Gasteiger partial charge in [-0.25, -0.2) is 0 Å². The van der Waals surface area contributed by atoms with Gasteiger partial charge in [-0.05, 0) is 42.2 Å². The van der Waals surface area contributed by atoms with E-state index in [0.29, 0.717) is 25.3 Å². The van der Waals surface area contributed by atoms with Gasteiger partial charge in [0, 0.05) is 25.3 Å². The molecule has 1 amide bonds. The third-order valence-corrected chi connectivity index (χ3v) is 6.73. The zero-order valence-corrected chi connectivity index (χ0v) is 16.5. The molecule has 1 heterocycles. The van der Waals surface area contributed by atoms with Gasteiger partial charge in [0.15, 0.2) is 0 Å². The molecule has 27 heavy (non-hydrogen) atoms. The van der Waals surface area contributed by atoms with Crippen molar-refractivity contribution in [1.29, 1.82) is 0 Å². The molecule has 0 atom stereocenters. The maximum absolute atomic E-state index is 12.8. The average Bonchev–Trinajstić information content (AvgIpc) is 2.91. The second kappa shape index (κ2) is 8.21. The van der Waals surface area contributed by atoms with E-state index in [9.17, 15) is 13.2 Å². The van der Waals surface area contributed by atoms with Gasteiger partial charge in [0.25, 0.3) is 10.2 Å². The normalized spacial score (nSPS) is 17.1. The number of hydrogen-bond donors (Lipinski definition) is 1. The van der Waals surface area contributed by atoms with E-state index in [4.69, 9.17) is 0 Å². The highest BCUT2D eigenvalue weighted by Gasteiger charge is 2.37. The summed E-state index contributed by atoms with van der Waals surface area (Å²) < 4.78 is 28.2. The van der Waals surface area contributed by atoms with Gasteiger partial charge in [0.05, 0.1) is 6.54 Å². The minimum atomic E-state index is -3.64. The summed E-state index contributed by atoms with van der Waals surface area (Å²) >= 11 is 0. The van der Waals surface area contributed by atoms with Crippen molar-refractivity contribution < 1.29 is 13.2 Å². The third kappa shape index (κ3) is 4.55. The Morgan fingerprint density at radius 3 is 2.56 bits per heavy atom. The van der Waals surface area contributed by atoms with Gasteiger partial charge in [0.2, 0.25) is 5.91 Å². The van der Waals surface area contributed by atoms with Gasteiger partial charge in [-0.1, -0.05) is 43.3 Å². The Bertz CT molecular complexity index is 928. The second-order valence-corrected chi connectivity index (χ2v) is 8.63. The van der Waals surface area contributed by atoms with Crippen molar-refractivity contribution in [2.75, 3.05) is 25.0 Å². The number of nitrogens with one attached hydrogen (secondary N) is 1. The van der Waals surface area contributed by atoms with Crippen LogP contribution in [0.1, 0.15) is 23.6 Å². The molecule has 2 aromatic carbocycles. The van der Waals surface area contributed by atoms with Gasteiger partial charge >= 0.3 is 0 Å². The first-order chi connectivity index (χ1) is 12.9. The van der Waals surface area contributed by atoms with Crippen LogP contribution in [-0.4, -0.2) is 42.6 Å². The standard InChI is InChI=1S/C20H25N3O3S/c1-3-17-8-6-10-19(13-17)21-20(24)15-23-12-11-22(27(23,25)26)14-18-9-5-4-7-16(18)2/h4-10,13H,3,11-12,14-15H2,1-2H3,(H,21,24). The molecule has 2 aromatic rings.